The van der Waals surface area contributed by atoms with E-state index in [2.05, 4.69) is 20.6 Å². The van der Waals surface area contributed by atoms with Crippen molar-refractivity contribution in [2.45, 2.75) is 6.54 Å². The maximum Gasteiger partial charge on any atom is 0.257 e. The summed E-state index contributed by atoms with van der Waals surface area (Å²) < 4.78 is 13.1. The zero-order valence-electron chi connectivity index (χ0n) is 14.2. The number of carbonyl (C=O) groups is 1. The quantitative estimate of drug-likeness (QED) is 0.523. The topological polar surface area (TPSA) is 66.4 Å². The molecule has 0 fully saturated rings. The highest BCUT2D eigenvalue weighted by Gasteiger charge is 2.09. The molecule has 0 saturated heterocycles. The molecule has 0 unspecified atom stereocenters. The van der Waals surface area contributed by atoms with Gasteiger partial charge >= 0.3 is 0 Å². The van der Waals surface area contributed by atoms with Crippen LogP contribution in [0.4, 0.5) is 10.1 Å². The molecule has 0 aliphatic carbocycles. The van der Waals surface area contributed by atoms with E-state index in [4.69, 9.17) is 11.6 Å². The molecule has 136 valence electrons. The molecular formula is C20H16ClFN4O. The van der Waals surface area contributed by atoms with Gasteiger partial charge in [-0.25, -0.2) is 9.38 Å². The van der Waals surface area contributed by atoms with Gasteiger partial charge in [0.25, 0.3) is 5.91 Å². The number of aliphatic imine (C=N–C) groups is 1. The first-order valence-electron chi connectivity index (χ1n) is 8.13. The van der Waals surface area contributed by atoms with Crippen LogP contribution in [0.25, 0.3) is 0 Å². The Labute approximate surface area is 160 Å². The van der Waals surface area contributed by atoms with E-state index in [0.29, 0.717) is 22.8 Å². The van der Waals surface area contributed by atoms with Gasteiger partial charge in [-0.3, -0.25) is 15.1 Å². The third-order valence-electron chi connectivity index (χ3n) is 3.61. The fourth-order valence-corrected chi connectivity index (χ4v) is 2.35. The predicted molar refractivity (Wildman–Crippen MR) is 104 cm³/mol. The molecule has 0 aliphatic rings. The van der Waals surface area contributed by atoms with Crippen molar-refractivity contribution in [3.63, 3.8) is 0 Å². The number of amides is 1. The summed E-state index contributed by atoms with van der Waals surface area (Å²) in [4.78, 5) is 20.9. The Morgan fingerprint density at radius 1 is 1.00 bits per heavy atom. The largest absolute Gasteiger partial charge is 0.326 e. The van der Waals surface area contributed by atoms with Crippen LogP contribution in [0.15, 0.2) is 78.0 Å². The molecule has 1 heterocycles. The maximum atomic E-state index is 13.1. The molecule has 27 heavy (non-hydrogen) atoms. The lowest BCUT2D eigenvalue weighted by molar-refractivity contribution is 0.0977. The molecule has 0 saturated carbocycles. The number of rotatable bonds is 4. The van der Waals surface area contributed by atoms with Crippen LogP contribution in [0.1, 0.15) is 15.9 Å². The summed E-state index contributed by atoms with van der Waals surface area (Å²) >= 11 is 5.86. The van der Waals surface area contributed by atoms with Crippen LogP contribution >= 0.6 is 11.6 Å². The van der Waals surface area contributed by atoms with Gasteiger partial charge in [0.05, 0.1) is 6.54 Å². The minimum absolute atomic E-state index is 0.248. The first kappa shape index (κ1) is 18.5. The van der Waals surface area contributed by atoms with Gasteiger partial charge < -0.3 is 5.32 Å². The minimum Gasteiger partial charge on any atom is -0.326 e. The summed E-state index contributed by atoms with van der Waals surface area (Å²) in [5, 5.41) is 6.28. The van der Waals surface area contributed by atoms with E-state index < -0.39 is 0 Å². The summed E-state index contributed by atoms with van der Waals surface area (Å²) in [5.41, 5.74) is 1.97. The molecule has 1 aromatic heterocycles. The van der Waals surface area contributed by atoms with E-state index in [1.807, 2.05) is 12.1 Å². The van der Waals surface area contributed by atoms with E-state index in [-0.39, 0.29) is 17.7 Å². The van der Waals surface area contributed by atoms with Crippen LogP contribution < -0.4 is 10.6 Å². The lowest BCUT2D eigenvalue weighted by Gasteiger charge is -2.12. The molecule has 0 spiro atoms. The number of guanidine groups is 1. The molecular weight excluding hydrogens is 367 g/mol. The Hall–Kier alpha value is -3.25. The fraction of sp³-hybridized carbons (Fsp3) is 0.0500. The number of nitrogens with one attached hydrogen (secondary N) is 2. The number of pyridine rings is 1. The molecule has 3 aromatic rings. The number of anilines is 1. The zero-order valence-corrected chi connectivity index (χ0v) is 14.9. The SMILES string of the molecule is O=C(NC(=NCc1ccncc1)Nc1ccc(F)cc1)c1ccc(Cl)cc1. The molecule has 2 N–H and O–H groups in total. The second kappa shape index (κ2) is 8.91. The lowest BCUT2D eigenvalue weighted by atomic mass is 10.2. The number of nitrogens with zero attached hydrogens (tertiary/aromatic N) is 2. The Balaban J connectivity index is 1.78. The Morgan fingerprint density at radius 3 is 2.33 bits per heavy atom. The van der Waals surface area contributed by atoms with Crippen LogP contribution in [0.2, 0.25) is 5.02 Å². The standard InChI is InChI=1S/C20H16ClFN4O/c21-16-3-1-15(2-4-16)19(27)26-20(24-13-14-9-11-23-12-10-14)25-18-7-5-17(22)6-8-18/h1-12H,13H2,(H2,24,25,26,27). The van der Waals surface area contributed by atoms with Gasteiger partial charge in [-0.2, -0.15) is 0 Å². The van der Waals surface area contributed by atoms with Crippen LogP contribution in [0, 0.1) is 5.82 Å². The molecule has 0 radical (unpaired) electrons. The number of hydrogen-bond donors (Lipinski definition) is 2. The number of carbonyl (C=O) groups excluding carboxylic acids is 1. The highest BCUT2D eigenvalue weighted by atomic mass is 35.5. The molecule has 0 bridgehead atoms. The minimum atomic E-state index is -0.346. The smallest absolute Gasteiger partial charge is 0.257 e. The normalized spacial score (nSPS) is 11.1. The van der Waals surface area contributed by atoms with Crippen molar-refractivity contribution in [2.75, 3.05) is 5.32 Å². The van der Waals surface area contributed by atoms with Crippen LogP contribution in [0.5, 0.6) is 0 Å². The predicted octanol–water partition coefficient (Wildman–Crippen LogP) is 4.27. The number of aromatic nitrogens is 1. The Kier molecular flexibility index (Phi) is 6.12. The molecule has 7 heteroatoms. The van der Waals surface area contributed by atoms with Crippen molar-refractivity contribution in [3.05, 3.63) is 95.0 Å². The first-order valence-corrected chi connectivity index (χ1v) is 8.51. The van der Waals surface area contributed by atoms with Gasteiger partial charge in [-0.05, 0) is 66.2 Å². The molecule has 0 atom stereocenters. The highest BCUT2D eigenvalue weighted by molar-refractivity contribution is 6.30. The Morgan fingerprint density at radius 2 is 1.67 bits per heavy atom. The van der Waals surface area contributed by atoms with Crippen molar-refractivity contribution >= 4 is 29.2 Å². The van der Waals surface area contributed by atoms with Crippen LogP contribution in [0.3, 0.4) is 0 Å². The summed E-state index contributed by atoms with van der Waals surface area (Å²) in [5.74, 6) is -0.436. The van der Waals surface area contributed by atoms with Gasteiger partial charge in [0.2, 0.25) is 5.96 Å². The Bertz CT molecular complexity index is 928. The van der Waals surface area contributed by atoms with Crippen molar-refractivity contribution in [1.29, 1.82) is 0 Å². The van der Waals surface area contributed by atoms with E-state index in [1.54, 1.807) is 48.8 Å². The fourth-order valence-electron chi connectivity index (χ4n) is 2.22. The monoisotopic (exact) mass is 382 g/mol. The summed E-state index contributed by atoms with van der Waals surface area (Å²) in [6.07, 6.45) is 3.34. The van der Waals surface area contributed by atoms with E-state index >= 15 is 0 Å². The number of benzene rings is 2. The van der Waals surface area contributed by atoms with E-state index in [1.165, 1.54) is 12.1 Å². The average Bonchev–Trinajstić information content (AvgIpc) is 2.69. The van der Waals surface area contributed by atoms with Gasteiger partial charge in [0.1, 0.15) is 5.82 Å². The van der Waals surface area contributed by atoms with Crippen molar-refractivity contribution in [3.8, 4) is 0 Å². The van der Waals surface area contributed by atoms with Crippen molar-refractivity contribution in [1.82, 2.24) is 10.3 Å². The zero-order chi connectivity index (χ0) is 19.1. The molecule has 2 aromatic carbocycles. The van der Waals surface area contributed by atoms with E-state index in [0.717, 1.165) is 5.56 Å². The van der Waals surface area contributed by atoms with Crippen molar-refractivity contribution < 1.29 is 9.18 Å². The molecule has 0 aliphatic heterocycles. The summed E-state index contributed by atoms with van der Waals surface area (Å²) in [6.45, 7) is 0.340. The first-order chi connectivity index (χ1) is 13.1. The summed E-state index contributed by atoms with van der Waals surface area (Å²) in [6, 6.07) is 16.0. The molecule has 5 nitrogen and oxygen atoms in total. The molecule has 1 amide bonds. The van der Waals surface area contributed by atoms with Crippen LogP contribution in [-0.4, -0.2) is 16.9 Å². The third kappa shape index (κ3) is 5.62. The van der Waals surface area contributed by atoms with E-state index in [9.17, 15) is 9.18 Å². The lowest BCUT2D eigenvalue weighted by Crippen LogP contribution is -2.36. The van der Waals surface area contributed by atoms with Gasteiger partial charge in [0, 0.05) is 28.7 Å². The average molecular weight is 383 g/mol. The van der Waals surface area contributed by atoms with Gasteiger partial charge in [-0.1, -0.05) is 11.6 Å². The van der Waals surface area contributed by atoms with Crippen molar-refractivity contribution in [2.24, 2.45) is 4.99 Å². The molecule has 3 rings (SSSR count). The highest BCUT2D eigenvalue weighted by Crippen LogP contribution is 2.11. The van der Waals surface area contributed by atoms with Gasteiger partial charge in [-0.15, -0.1) is 0 Å². The summed E-state index contributed by atoms with van der Waals surface area (Å²) in [7, 11) is 0. The van der Waals surface area contributed by atoms with Crippen LogP contribution in [-0.2, 0) is 6.54 Å². The number of hydrogen-bond acceptors (Lipinski definition) is 3. The second-order valence-electron chi connectivity index (χ2n) is 5.61. The number of halogens is 2. The second-order valence-corrected chi connectivity index (χ2v) is 6.05. The van der Waals surface area contributed by atoms with Gasteiger partial charge in [0.15, 0.2) is 0 Å². The maximum absolute atomic E-state index is 13.1. The third-order valence-corrected chi connectivity index (χ3v) is 3.87.